The number of esters is 1. The Kier molecular flexibility index (Phi) is 4.42. The summed E-state index contributed by atoms with van der Waals surface area (Å²) in [4.78, 5) is 30.8. The summed E-state index contributed by atoms with van der Waals surface area (Å²) in [5.41, 5.74) is 1.68. The number of carbonyl (C=O) groups is 1. The molecule has 0 unspecified atom stereocenters. The fraction of sp³-hybridized carbons (Fsp3) is 0.250. The molecule has 132 valence electrons. The van der Waals surface area contributed by atoms with E-state index in [2.05, 4.69) is 4.98 Å². The van der Waals surface area contributed by atoms with Crippen molar-refractivity contribution in [2.45, 2.75) is 26.3 Å². The Morgan fingerprint density at radius 2 is 2.15 bits per heavy atom. The second-order valence-electron chi connectivity index (χ2n) is 6.24. The standard InChI is InChI=1S/C20H18N2O3S/c1-13-16-18(21-15-10-5-11-22(15)19(16)23)26-17(13)20(24)25-12-6-9-14-7-3-2-4-8-14/h2-4,6-9H,5,10-12H2,1H3/b9-6+. The van der Waals surface area contributed by atoms with Gasteiger partial charge in [0.2, 0.25) is 0 Å². The Bertz CT molecular complexity index is 1060. The molecule has 0 saturated heterocycles. The highest BCUT2D eigenvalue weighted by Crippen LogP contribution is 2.29. The van der Waals surface area contributed by atoms with Gasteiger partial charge in [-0.25, -0.2) is 9.78 Å². The van der Waals surface area contributed by atoms with Crippen molar-refractivity contribution in [2.24, 2.45) is 0 Å². The van der Waals surface area contributed by atoms with Gasteiger partial charge in [0.05, 0.1) is 5.39 Å². The van der Waals surface area contributed by atoms with Crippen LogP contribution in [0.5, 0.6) is 0 Å². The number of thiophene rings is 1. The normalized spacial score (nSPS) is 13.4. The molecule has 26 heavy (non-hydrogen) atoms. The SMILES string of the molecule is Cc1c(C(=O)OC/C=C/c2ccccc2)sc2nc3n(c(=O)c12)CCC3. The number of fused-ring (bicyclic) bond motifs is 2. The third-order valence-electron chi connectivity index (χ3n) is 4.52. The first kappa shape index (κ1) is 16.7. The Morgan fingerprint density at radius 3 is 2.96 bits per heavy atom. The van der Waals surface area contributed by atoms with Crippen molar-refractivity contribution in [1.29, 1.82) is 0 Å². The van der Waals surface area contributed by atoms with Gasteiger partial charge in [-0.2, -0.15) is 0 Å². The van der Waals surface area contributed by atoms with E-state index in [1.165, 1.54) is 11.3 Å². The number of nitrogens with zero attached hydrogens (tertiary/aromatic N) is 2. The minimum atomic E-state index is -0.409. The van der Waals surface area contributed by atoms with Crippen LogP contribution in [0.25, 0.3) is 16.3 Å². The largest absolute Gasteiger partial charge is 0.457 e. The van der Waals surface area contributed by atoms with Crippen LogP contribution in [0.4, 0.5) is 0 Å². The molecule has 4 rings (SSSR count). The molecule has 0 atom stereocenters. The molecule has 2 aromatic heterocycles. The molecule has 5 nitrogen and oxygen atoms in total. The average molecular weight is 366 g/mol. The molecule has 0 fully saturated rings. The third kappa shape index (κ3) is 2.97. The van der Waals surface area contributed by atoms with Crippen LogP contribution in [0.2, 0.25) is 0 Å². The summed E-state index contributed by atoms with van der Waals surface area (Å²) < 4.78 is 7.07. The smallest absolute Gasteiger partial charge is 0.348 e. The predicted molar refractivity (Wildman–Crippen MR) is 103 cm³/mol. The summed E-state index contributed by atoms with van der Waals surface area (Å²) in [5, 5.41) is 0.549. The van der Waals surface area contributed by atoms with E-state index in [0.717, 1.165) is 24.2 Å². The van der Waals surface area contributed by atoms with Crippen LogP contribution in [-0.4, -0.2) is 22.1 Å². The van der Waals surface area contributed by atoms with Gasteiger partial charge in [0.15, 0.2) is 0 Å². The fourth-order valence-corrected chi connectivity index (χ4v) is 4.29. The van der Waals surface area contributed by atoms with Crippen LogP contribution >= 0.6 is 11.3 Å². The van der Waals surface area contributed by atoms with Gasteiger partial charge >= 0.3 is 5.97 Å². The highest BCUT2D eigenvalue weighted by molar-refractivity contribution is 7.20. The maximum atomic E-state index is 12.7. The Labute approximate surface area is 154 Å². The average Bonchev–Trinajstić information content (AvgIpc) is 3.25. The van der Waals surface area contributed by atoms with E-state index in [4.69, 9.17) is 4.74 Å². The molecule has 1 aliphatic heterocycles. The number of hydrogen-bond acceptors (Lipinski definition) is 5. The summed E-state index contributed by atoms with van der Waals surface area (Å²) in [6, 6.07) is 9.82. The molecule has 3 aromatic rings. The van der Waals surface area contributed by atoms with Gasteiger partial charge in [0, 0.05) is 13.0 Å². The molecular weight excluding hydrogens is 348 g/mol. The van der Waals surface area contributed by atoms with Crippen LogP contribution in [-0.2, 0) is 17.7 Å². The highest BCUT2D eigenvalue weighted by Gasteiger charge is 2.23. The van der Waals surface area contributed by atoms with E-state index < -0.39 is 5.97 Å². The highest BCUT2D eigenvalue weighted by atomic mass is 32.1. The molecule has 6 heteroatoms. The molecule has 3 heterocycles. The van der Waals surface area contributed by atoms with Gasteiger partial charge in [-0.3, -0.25) is 9.36 Å². The first-order valence-corrected chi connectivity index (χ1v) is 9.38. The minimum absolute atomic E-state index is 0.0423. The lowest BCUT2D eigenvalue weighted by atomic mass is 10.2. The van der Waals surface area contributed by atoms with Crippen molar-refractivity contribution in [3.63, 3.8) is 0 Å². The summed E-state index contributed by atoms with van der Waals surface area (Å²) >= 11 is 1.24. The molecule has 1 aliphatic rings. The van der Waals surface area contributed by atoms with Crippen molar-refractivity contribution in [2.75, 3.05) is 6.61 Å². The number of rotatable bonds is 4. The van der Waals surface area contributed by atoms with Crippen molar-refractivity contribution in [3.8, 4) is 0 Å². The zero-order valence-corrected chi connectivity index (χ0v) is 15.2. The number of aromatic nitrogens is 2. The molecular formula is C20H18N2O3S. The maximum Gasteiger partial charge on any atom is 0.348 e. The first-order valence-electron chi connectivity index (χ1n) is 8.56. The van der Waals surface area contributed by atoms with Crippen LogP contribution in [0.15, 0.2) is 41.2 Å². The van der Waals surface area contributed by atoms with Gasteiger partial charge in [-0.05, 0) is 30.5 Å². The van der Waals surface area contributed by atoms with Crippen molar-refractivity contribution in [3.05, 3.63) is 68.6 Å². The zero-order chi connectivity index (χ0) is 18.1. The van der Waals surface area contributed by atoms with E-state index in [-0.39, 0.29) is 12.2 Å². The van der Waals surface area contributed by atoms with Crippen molar-refractivity contribution >= 4 is 33.6 Å². The molecule has 0 amide bonds. The van der Waals surface area contributed by atoms with Crippen LogP contribution in [0.3, 0.4) is 0 Å². The Morgan fingerprint density at radius 1 is 1.35 bits per heavy atom. The molecule has 0 N–H and O–H groups in total. The quantitative estimate of drug-likeness (QED) is 0.662. The lowest BCUT2D eigenvalue weighted by Gasteiger charge is -2.02. The number of ether oxygens (including phenoxy) is 1. The summed E-state index contributed by atoms with van der Waals surface area (Å²) in [7, 11) is 0. The molecule has 0 saturated carbocycles. The number of carbonyl (C=O) groups excluding carboxylic acids is 1. The Balaban J connectivity index is 1.54. The van der Waals surface area contributed by atoms with E-state index in [1.807, 2.05) is 36.4 Å². The third-order valence-corrected chi connectivity index (χ3v) is 5.68. The lowest BCUT2D eigenvalue weighted by molar-refractivity contribution is 0.0555. The number of hydrogen-bond donors (Lipinski definition) is 0. The van der Waals surface area contributed by atoms with Crippen LogP contribution in [0, 0.1) is 6.92 Å². The van der Waals surface area contributed by atoms with Crippen molar-refractivity contribution < 1.29 is 9.53 Å². The maximum absolute atomic E-state index is 12.7. The van der Waals surface area contributed by atoms with E-state index in [9.17, 15) is 9.59 Å². The summed E-state index contributed by atoms with van der Waals surface area (Å²) in [5.74, 6) is 0.405. The van der Waals surface area contributed by atoms with E-state index in [1.54, 1.807) is 17.6 Å². The lowest BCUT2D eigenvalue weighted by Crippen LogP contribution is -2.20. The molecule has 0 spiro atoms. The second-order valence-corrected chi connectivity index (χ2v) is 7.24. The van der Waals surface area contributed by atoms with Gasteiger partial charge in [0.1, 0.15) is 22.1 Å². The van der Waals surface area contributed by atoms with Gasteiger partial charge < -0.3 is 4.74 Å². The number of benzene rings is 1. The van der Waals surface area contributed by atoms with Gasteiger partial charge in [-0.1, -0.05) is 36.4 Å². The van der Waals surface area contributed by atoms with Gasteiger partial charge in [0.25, 0.3) is 5.56 Å². The minimum Gasteiger partial charge on any atom is -0.457 e. The first-order chi connectivity index (χ1) is 12.6. The monoisotopic (exact) mass is 366 g/mol. The topological polar surface area (TPSA) is 61.2 Å². The van der Waals surface area contributed by atoms with Crippen LogP contribution in [0.1, 0.15) is 33.0 Å². The molecule has 0 radical (unpaired) electrons. The Hall–Kier alpha value is -2.73. The van der Waals surface area contributed by atoms with E-state index >= 15 is 0 Å². The molecule has 0 aliphatic carbocycles. The summed E-state index contributed by atoms with van der Waals surface area (Å²) in [6.07, 6.45) is 5.47. The zero-order valence-electron chi connectivity index (χ0n) is 14.4. The molecule has 0 bridgehead atoms. The summed E-state index contributed by atoms with van der Waals surface area (Å²) in [6.45, 7) is 2.68. The molecule has 1 aromatic carbocycles. The fourth-order valence-electron chi connectivity index (χ4n) is 3.21. The second kappa shape index (κ2) is 6.88. The van der Waals surface area contributed by atoms with Crippen LogP contribution < -0.4 is 5.56 Å². The predicted octanol–water partition coefficient (Wildman–Crippen LogP) is 3.58. The van der Waals surface area contributed by atoms with Crippen molar-refractivity contribution in [1.82, 2.24) is 9.55 Å². The number of aryl methyl sites for hydroxylation is 2. The van der Waals surface area contributed by atoms with Gasteiger partial charge in [-0.15, -0.1) is 11.3 Å². The van der Waals surface area contributed by atoms with E-state index in [0.29, 0.717) is 27.2 Å².